The Morgan fingerprint density at radius 1 is 1.12 bits per heavy atom. The minimum atomic E-state index is -0.361. The molecule has 136 valence electrons. The lowest BCUT2D eigenvalue weighted by Gasteiger charge is -2.36. The third-order valence-corrected chi connectivity index (χ3v) is 4.99. The fourth-order valence-electron chi connectivity index (χ4n) is 3.68. The molecule has 0 aromatic heterocycles. The summed E-state index contributed by atoms with van der Waals surface area (Å²) >= 11 is 0. The van der Waals surface area contributed by atoms with Gasteiger partial charge in [-0.15, -0.1) is 0 Å². The Bertz CT molecular complexity index is 839. The van der Waals surface area contributed by atoms with Gasteiger partial charge in [0.1, 0.15) is 29.0 Å². The van der Waals surface area contributed by atoms with Crippen LogP contribution in [0.25, 0.3) is 6.08 Å². The van der Waals surface area contributed by atoms with Crippen molar-refractivity contribution < 1.29 is 18.9 Å². The quantitative estimate of drug-likeness (QED) is 0.771. The van der Waals surface area contributed by atoms with Crippen LogP contribution in [0.15, 0.2) is 42.5 Å². The smallest absolute Gasteiger partial charge is 0.140 e. The van der Waals surface area contributed by atoms with Crippen LogP contribution < -0.4 is 14.2 Å². The number of ether oxygens (including phenoxy) is 4. The maximum Gasteiger partial charge on any atom is 0.140 e. The molecule has 0 amide bonds. The van der Waals surface area contributed by atoms with E-state index in [1.54, 1.807) is 14.2 Å². The van der Waals surface area contributed by atoms with Gasteiger partial charge in [0.05, 0.1) is 24.3 Å². The molecule has 0 fully saturated rings. The van der Waals surface area contributed by atoms with Crippen LogP contribution >= 0.6 is 0 Å². The molecule has 4 heteroatoms. The third-order valence-electron chi connectivity index (χ3n) is 4.99. The molecule has 2 heterocycles. The predicted octanol–water partition coefficient (Wildman–Crippen LogP) is 5.09. The van der Waals surface area contributed by atoms with Gasteiger partial charge in [-0.25, -0.2) is 0 Å². The van der Waals surface area contributed by atoms with Crippen molar-refractivity contribution in [2.45, 2.75) is 38.1 Å². The van der Waals surface area contributed by atoms with Gasteiger partial charge in [-0.1, -0.05) is 30.3 Å². The minimum Gasteiger partial charge on any atom is -0.496 e. The Labute approximate surface area is 154 Å². The normalized spacial score (nSPS) is 22.6. The topological polar surface area (TPSA) is 36.9 Å². The molecular formula is C22H24O4. The highest BCUT2D eigenvalue weighted by atomic mass is 16.5. The molecule has 0 N–H and O–H groups in total. The maximum atomic E-state index is 6.47. The highest BCUT2D eigenvalue weighted by Gasteiger charge is 2.37. The van der Waals surface area contributed by atoms with Gasteiger partial charge in [0, 0.05) is 19.6 Å². The van der Waals surface area contributed by atoms with Crippen LogP contribution in [-0.2, 0) is 4.74 Å². The van der Waals surface area contributed by atoms with E-state index in [0.717, 1.165) is 40.4 Å². The Hall–Kier alpha value is -2.46. The van der Waals surface area contributed by atoms with Gasteiger partial charge in [-0.3, -0.25) is 0 Å². The second kappa shape index (κ2) is 6.36. The fraction of sp³-hybridized carbons (Fsp3) is 0.364. The Kier molecular flexibility index (Phi) is 4.16. The molecule has 2 aliphatic heterocycles. The lowest BCUT2D eigenvalue weighted by atomic mass is 9.90. The Morgan fingerprint density at radius 2 is 1.88 bits per heavy atom. The summed E-state index contributed by atoms with van der Waals surface area (Å²) in [6, 6.07) is 12.2. The van der Waals surface area contributed by atoms with E-state index in [0.29, 0.717) is 0 Å². The summed E-state index contributed by atoms with van der Waals surface area (Å²) in [5.74, 6) is 2.30. The van der Waals surface area contributed by atoms with Crippen molar-refractivity contribution >= 4 is 6.08 Å². The fourth-order valence-corrected chi connectivity index (χ4v) is 3.68. The van der Waals surface area contributed by atoms with E-state index in [2.05, 4.69) is 24.3 Å². The van der Waals surface area contributed by atoms with Crippen molar-refractivity contribution in [2.75, 3.05) is 14.2 Å². The van der Waals surface area contributed by atoms with E-state index >= 15 is 0 Å². The average molecular weight is 352 g/mol. The van der Waals surface area contributed by atoms with E-state index in [1.165, 1.54) is 0 Å². The van der Waals surface area contributed by atoms with Crippen molar-refractivity contribution in [1.82, 2.24) is 0 Å². The van der Waals surface area contributed by atoms with Crippen molar-refractivity contribution in [2.24, 2.45) is 0 Å². The first-order chi connectivity index (χ1) is 12.5. The summed E-state index contributed by atoms with van der Waals surface area (Å²) in [4.78, 5) is 0. The SMILES string of the molecule is COc1cc2c(c3c1C(OC)CC(c1ccccc1)O3)C=CC(C)(C)O2. The van der Waals surface area contributed by atoms with Crippen LogP contribution in [0.4, 0.5) is 0 Å². The van der Waals surface area contributed by atoms with Crippen LogP contribution in [0, 0.1) is 0 Å². The highest BCUT2D eigenvalue weighted by Crippen LogP contribution is 2.52. The number of hydrogen-bond donors (Lipinski definition) is 0. The lowest BCUT2D eigenvalue weighted by Crippen LogP contribution is -2.29. The van der Waals surface area contributed by atoms with E-state index in [1.807, 2.05) is 38.1 Å². The van der Waals surface area contributed by atoms with E-state index < -0.39 is 0 Å². The average Bonchev–Trinajstić information content (AvgIpc) is 2.66. The zero-order valence-electron chi connectivity index (χ0n) is 15.6. The minimum absolute atomic E-state index is 0.0757. The van der Waals surface area contributed by atoms with Crippen LogP contribution in [0.3, 0.4) is 0 Å². The number of rotatable bonds is 3. The summed E-state index contributed by atoms with van der Waals surface area (Å²) in [5, 5.41) is 0. The molecule has 0 saturated heterocycles. The molecule has 0 spiro atoms. The first-order valence-electron chi connectivity index (χ1n) is 8.90. The molecule has 0 bridgehead atoms. The van der Waals surface area contributed by atoms with E-state index in [-0.39, 0.29) is 17.8 Å². The van der Waals surface area contributed by atoms with Crippen LogP contribution in [0.5, 0.6) is 17.2 Å². The first-order valence-corrected chi connectivity index (χ1v) is 8.90. The van der Waals surface area contributed by atoms with Gasteiger partial charge in [0.15, 0.2) is 0 Å². The predicted molar refractivity (Wildman–Crippen MR) is 101 cm³/mol. The van der Waals surface area contributed by atoms with Crippen LogP contribution in [0.2, 0.25) is 0 Å². The molecule has 4 rings (SSSR count). The zero-order valence-corrected chi connectivity index (χ0v) is 15.6. The van der Waals surface area contributed by atoms with Gasteiger partial charge in [-0.05, 0) is 31.6 Å². The molecular weight excluding hydrogens is 328 g/mol. The van der Waals surface area contributed by atoms with Gasteiger partial charge < -0.3 is 18.9 Å². The molecule has 2 atom stereocenters. The Balaban J connectivity index is 1.86. The molecule has 0 saturated carbocycles. The summed E-state index contributed by atoms with van der Waals surface area (Å²) in [5.41, 5.74) is 2.68. The molecule has 0 radical (unpaired) electrons. The highest BCUT2D eigenvalue weighted by molar-refractivity contribution is 5.72. The third kappa shape index (κ3) is 2.84. The number of hydrogen-bond acceptors (Lipinski definition) is 4. The van der Waals surface area contributed by atoms with E-state index in [9.17, 15) is 0 Å². The second-order valence-corrected chi connectivity index (χ2v) is 7.25. The van der Waals surface area contributed by atoms with Gasteiger partial charge in [0.2, 0.25) is 0 Å². The summed E-state index contributed by atoms with van der Waals surface area (Å²) in [6.45, 7) is 4.06. The standard InChI is InChI=1S/C22H24O4/c1-22(2)11-10-15-17(26-22)13-19(24-4)20-18(23-3)12-16(25-21(15)20)14-8-6-5-7-9-14/h5-11,13,16,18H,12H2,1-4H3. The summed E-state index contributed by atoms with van der Waals surface area (Å²) < 4.78 is 24.1. The molecule has 26 heavy (non-hydrogen) atoms. The molecule has 0 aliphatic carbocycles. The monoisotopic (exact) mass is 352 g/mol. The maximum absolute atomic E-state index is 6.47. The lowest BCUT2D eigenvalue weighted by molar-refractivity contribution is 0.0273. The number of methoxy groups -OCH3 is 2. The van der Waals surface area contributed by atoms with E-state index in [4.69, 9.17) is 18.9 Å². The van der Waals surface area contributed by atoms with Crippen LogP contribution in [0.1, 0.15) is 49.2 Å². The summed E-state index contributed by atoms with van der Waals surface area (Å²) in [6.07, 6.45) is 4.69. The first kappa shape index (κ1) is 17.0. The Morgan fingerprint density at radius 3 is 2.58 bits per heavy atom. The van der Waals surface area contributed by atoms with Crippen molar-refractivity contribution in [3.05, 3.63) is 59.2 Å². The van der Waals surface area contributed by atoms with Crippen molar-refractivity contribution in [3.8, 4) is 17.2 Å². The molecule has 4 nitrogen and oxygen atoms in total. The van der Waals surface area contributed by atoms with Crippen molar-refractivity contribution in [1.29, 1.82) is 0 Å². The zero-order chi connectivity index (χ0) is 18.3. The van der Waals surface area contributed by atoms with Gasteiger partial charge in [-0.2, -0.15) is 0 Å². The largest absolute Gasteiger partial charge is 0.496 e. The number of fused-ring (bicyclic) bond motifs is 3. The molecule has 2 aromatic rings. The van der Waals surface area contributed by atoms with Crippen molar-refractivity contribution in [3.63, 3.8) is 0 Å². The molecule has 2 unspecified atom stereocenters. The second-order valence-electron chi connectivity index (χ2n) is 7.25. The van der Waals surface area contributed by atoms with Gasteiger partial charge >= 0.3 is 0 Å². The number of benzene rings is 2. The van der Waals surface area contributed by atoms with Crippen LogP contribution in [-0.4, -0.2) is 19.8 Å². The molecule has 2 aromatic carbocycles. The van der Waals surface area contributed by atoms with Gasteiger partial charge in [0.25, 0.3) is 0 Å². The molecule has 2 aliphatic rings. The summed E-state index contributed by atoms with van der Waals surface area (Å²) in [7, 11) is 3.40.